The molecule has 186 valence electrons. The highest BCUT2D eigenvalue weighted by Crippen LogP contribution is 2.18. The van der Waals surface area contributed by atoms with Gasteiger partial charge in [0.1, 0.15) is 23.9 Å². The van der Waals surface area contributed by atoms with Gasteiger partial charge in [0.25, 0.3) is 0 Å². The highest BCUT2D eigenvalue weighted by Gasteiger charge is 2.37. The monoisotopic (exact) mass is 478 g/mol. The number of aliphatic carboxylic acids is 2. The quantitative estimate of drug-likeness (QED) is 0.235. The van der Waals surface area contributed by atoms with E-state index >= 15 is 0 Å². The van der Waals surface area contributed by atoms with Crippen LogP contribution in [0.5, 0.6) is 5.75 Å². The third-order valence-electron chi connectivity index (χ3n) is 5.56. The lowest BCUT2D eigenvalue weighted by atomic mass is 10.0. The van der Waals surface area contributed by atoms with E-state index < -0.39 is 60.2 Å². The van der Waals surface area contributed by atoms with Gasteiger partial charge >= 0.3 is 11.9 Å². The van der Waals surface area contributed by atoms with E-state index in [1.165, 1.54) is 24.0 Å². The van der Waals surface area contributed by atoms with Crippen LogP contribution in [0.4, 0.5) is 0 Å². The van der Waals surface area contributed by atoms with Crippen molar-refractivity contribution in [1.82, 2.24) is 15.5 Å². The van der Waals surface area contributed by atoms with Gasteiger partial charge in [-0.05, 0) is 50.3 Å². The summed E-state index contributed by atoms with van der Waals surface area (Å²) in [5.41, 5.74) is 6.60. The Morgan fingerprint density at radius 3 is 2.32 bits per heavy atom. The van der Waals surface area contributed by atoms with Crippen molar-refractivity contribution in [2.45, 2.75) is 63.2 Å². The smallest absolute Gasteiger partial charge is 0.326 e. The largest absolute Gasteiger partial charge is 0.508 e. The van der Waals surface area contributed by atoms with Crippen molar-refractivity contribution in [3.05, 3.63) is 29.8 Å². The van der Waals surface area contributed by atoms with Crippen LogP contribution < -0.4 is 16.4 Å². The van der Waals surface area contributed by atoms with Gasteiger partial charge in [-0.25, -0.2) is 4.79 Å². The maximum absolute atomic E-state index is 12.8. The second-order valence-corrected chi connectivity index (χ2v) is 8.23. The Labute approximate surface area is 196 Å². The second-order valence-electron chi connectivity index (χ2n) is 8.23. The van der Waals surface area contributed by atoms with E-state index in [9.17, 15) is 34.2 Å². The Kier molecular flexibility index (Phi) is 9.36. The molecule has 0 unspecified atom stereocenters. The first-order valence-electron chi connectivity index (χ1n) is 10.9. The molecule has 0 bridgehead atoms. The first-order chi connectivity index (χ1) is 16.0. The molecule has 0 aromatic heterocycles. The van der Waals surface area contributed by atoms with Gasteiger partial charge < -0.3 is 36.6 Å². The van der Waals surface area contributed by atoms with E-state index in [1.807, 2.05) is 0 Å². The molecule has 1 saturated heterocycles. The van der Waals surface area contributed by atoms with Crippen LogP contribution in [0.25, 0.3) is 0 Å². The molecule has 1 aliphatic heterocycles. The fraction of sp³-hybridized carbons (Fsp3) is 0.500. The van der Waals surface area contributed by atoms with Gasteiger partial charge in [0, 0.05) is 13.0 Å². The lowest BCUT2D eigenvalue weighted by molar-refractivity contribution is -0.149. The normalized spacial score (nSPS) is 17.9. The van der Waals surface area contributed by atoms with Crippen LogP contribution in [0.1, 0.15) is 38.2 Å². The minimum Gasteiger partial charge on any atom is -0.508 e. The number of hydrogen-bond acceptors (Lipinski definition) is 7. The van der Waals surface area contributed by atoms with Gasteiger partial charge in [-0.15, -0.1) is 0 Å². The molecule has 1 aromatic rings. The average molecular weight is 479 g/mol. The maximum atomic E-state index is 12.8. The van der Waals surface area contributed by atoms with Crippen molar-refractivity contribution in [2.24, 2.45) is 5.73 Å². The molecule has 34 heavy (non-hydrogen) atoms. The molecule has 0 aliphatic carbocycles. The molecule has 7 N–H and O–H groups in total. The molecule has 4 atom stereocenters. The van der Waals surface area contributed by atoms with Gasteiger partial charge in [-0.3, -0.25) is 19.2 Å². The maximum Gasteiger partial charge on any atom is 0.326 e. The predicted molar refractivity (Wildman–Crippen MR) is 119 cm³/mol. The molecule has 2 rings (SSSR count). The van der Waals surface area contributed by atoms with Crippen molar-refractivity contribution in [1.29, 1.82) is 0 Å². The average Bonchev–Trinajstić information content (AvgIpc) is 3.27. The summed E-state index contributed by atoms with van der Waals surface area (Å²) in [7, 11) is 0. The van der Waals surface area contributed by atoms with Crippen molar-refractivity contribution in [3.63, 3.8) is 0 Å². The molecule has 12 heteroatoms. The summed E-state index contributed by atoms with van der Waals surface area (Å²) in [6.45, 7) is 1.64. The number of benzene rings is 1. The molecule has 12 nitrogen and oxygen atoms in total. The highest BCUT2D eigenvalue weighted by atomic mass is 16.4. The van der Waals surface area contributed by atoms with E-state index in [0.717, 1.165) is 0 Å². The fourth-order valence-electron chi connectivity index (χ4n) is 3.71. The summed E-state index contributed by atoms with van der Waals surface area (Å²) < 4.78 is 0. The summed E-state index contributed by atoms with van der Waals surface area (Å²) >= 11 is 0. The highest BCUT2D eigenvalue weighted by molar-refractivity contribution is 5.94. The molecule has 0 saturated carbocycles. The number of phenols is 1. The minimum absolute atomic E-state index is 0.0550. The van der Waals surface area contributed by atoms with Crippen molar-refractivity contribution in [3.8, 4) is 5.75 Å². The molecular weight excluding hydrogens is 448 g/mol. The number of nitrogens with zero attached hydrogens (tertiary/aromatic N) is 1. The van der Waals surface area contributed by atoms with Gasteiger partial charge in [-0.2, -0.15) is 0 Å². The van der Waals surface area contributed by atoms with Crippen LogP contribution in [0, 0.1) is 0 Å². The topological polar surface area (TPSA) is 199 Å². The summed E-state index contributed by atoms with van der Waals surface area (Å²) in [5, 5.41) is 32.5. The van der Waals surface area contributed by atoms with Crippen LogP contribution in [0.3, 0.4) is 0 Å². The molecule has 0 radical (unpaired) electrons. The number of likely N-dealkylation sites (tertiary alicyclic amines) is 1. The Bertz CT molecular complexity index is 920. The number of carboxylic acids is 2. The molecular formula is C22H30N4O8. The van der Waals surface area contributed by atoms with Crippen LogP contribution >= 0.6 is 0 Å². The number of amides is 3. The predicted octanol–water partition coefficient (Wildman–Crippen LogP) is -0.808. The second kappa shape index (κ2) is 12.0. The van der Waals surface area contributed by atoms with Crippen LogP contribution in [-0.4, -0.2) is 80.6 Å². The molecule has 1 heterocycles. The zero-order chi connectivity index (χ0) is 25.4. The minimum atomic E-state index is -1.27. The van der Waals surface area contributed by atoms with E-state index in [2.05, 4.69) is 10.6 Å². The third kappa shape index (κ3) is 7.44. The first-order valence-corrected chi connectivity index (χ1v) is 10.9. The Morgan fingerprint density at radius 1 is 1.09 bits per heavy atom. The zero-order valence-electron chi connectivity index (χ0n) is 18.8. The number of hydrogen-bond donors (Lipinski definition) is 6. The van der Waals surface area contributed by atoms with Gasteiger partial charge in [0.2, 0.25) is 17.7 Å². The van der Waals surface area contributed by atoms with Gasteiger partial charge in [0.15, 0.2) is 0 Å². The number of phenolic OH excluding ortho intramolecular Hbond substituents is 1. The number of carbonyl (C=O) groups excluding carboxylic acids is 3. The Balaban J connectivity index is 2.02. The van der Waals surface area contributed by atoms with Crippen LogP contribution in [-0.2, 0) is 30.4 Å². The number of nitrogens with two attached hydrogens (primary N) is 1. The van der Waals surface area contributed by atoms with E-state index in [-0.39, 0.29) is 25.1 Å². The van der Waals surface area contributed by atoms with Gasteiger partial charge in [0.05, 0.1) is 6.04 Å². The molecule has 1 aromatic carbocycles. The van der Waals surface area contributed by atoms with Gasteiger partial charge in [-0.1, -0.05) is 12.1 Å². The first kappa shape index (κ1) is 26.6. The molecule has 1 aliphatic rings. The molecule has 1 fully saturated rings. The number of carbonyl (C=O) groups is 5. The third-order valence-corrected chi connectivity index (χ3v) is 5.56. The lowest BCUT2D eigenvalue weighted by Crippen LogP contribution is -2.56. The number of rotatable bonds is 11. The summed E-state index contributed by atoms with van der Waals surface area (Å²) in [6, 6.07) is 1.70. The van der Waals surface area contributed by atoms with E-state index in [4.69, 9.17) is 10.8 Å². The van der Waals surface area contributed by atoms with Crippen LogP contribution in [0.2, 0.25) is 0 Å². The molecule has 0 spiro atoms. The zero-order valence-corrected chi connectivity index (χ0v) is 18.8. The standard InChI is InChI=1S/C22H30N4O8/c1-12(21(32)26-10-2-3-17(26)22(33)34)24-20(31)16(8-9-18(28)29)25-19(30)15(23)11-13-4-6-14(27)7-5-13/h4-7,12,15-17,27H,2-3,8-11,23H2,1H3,(H,24,31)(H,25,30)(H,28,29)(H,33,34)/t12-,15-,16-,17-/m0/s1. The van der Waals surface area contributed by atoms with Crippen molar-refractivity contribution >= 4 is 29.7 Å². The summed E-state index contributed by atoms with van der Waals surface area (Å²) in [4.78, 5) is 61.6. The lowest BCUT2D eigenvalue weighted by Gasteiger charge is -2.27. The van der Waals surface area contributed by atoms with Crippen molar-refractivity contribution in [2.75, 3.05) is 6.54 Å². The Hall–Kier alpha value is -3.67. The SMILES string of the molecule is C[C@H](NC(=O)[C@H](CCC(=O)O)NC(=O)[C@@H](N)Cc1ccc(O)cc1)C(=O)N1CCC[C@H]1C(=O)O. The fourth-order valence-corrected chi connectivity index (χ4v) is 3.71. The number of nitrogens with one attached hydrogen (secondary N) is 2. The summed E-state index contributed by atoms with van der Waals surface area (Å²) in [5.74, 6) is -4.30. The summed E-state index contributed by atoms with van der Waals surface area (Å²) in [6.07, 6.45) is 0.305. The van der Waals surface area contributed by atoms with E-state index in [0.29, 0.717) is 18.4 Å². The Morgan fingerprint density at radius 2 is 1.74 bits per heavy atom. The van der Waals surface area contributed by atoms with Crippen LogP contribution in [0.15, 0.2) is 24.3 Å². The van der Waals surface area contributed by atoms with E-state index in [1.54, 1.807) is 12.1 Å². The molecule has 3 amide bonds. The van der Waals surface area contributed by atoms with Crippen molar-refractivity contribution < 1.29 is 39.3 Å². The number of aromatic hydroxyl groups is 1. The number of carboxylic acid groups (broad SMARTS) is 2.